The smallest absolute Gasteiger partial charge is 0.317 e. The van der Waals surface area contributed by atoms with Crippen molar-refractivity contribution in [1.82, 2.24) is 20.1 Å². The summed E-state index contributed by atoms with van der Waals surface area (Å²) in [6.07, 6.45) is 0. The van der Waals surface area contributed by atoms with Gasteiger partial charge in [-0.1, -0.05) is 0 Å². The molecule has 3 rings (SSSR count). The van der Waals surface area contributed by atoms with Gasteiger partial charge in [-0.15, -0.1) is 11.3 Å². The molecule has 0 atom stereocenters. The zero-order valence-corrected chi connectivity index (χ0v) is 15.3. The molecule has 0 saturated carbocycles. The van der Waals surface area contributed by atoms with Gasteiger partial charge >= 0.3 is 6.03 Å². The number of ether oxygens (including phenoxy) is 1. The molecule has 2 heterocycles. The molecule has 1 saturated heterocycles. The third-order valence-corrected chi connectivity index (χ3v) is 4.90. The molecule has 138 valence electrons. The molecule has 1 aromatic heterocycles. The molecule has 8 nitrogen and oxygen atoms in total. The number of nitrogens with two attached hydrogens (primary N) is 1. The van der Waals surface area contributed by atoms with Crippen molar-refractivity contribution in [2.75, 3.05) is 39.0 Å². The van der Waals surface area contributed by atoms with E-state index in [9.17, 15) is 9.59 Å². The van der Waals surface area contributed by atoms with Crippen molar-refractivity contribution in [2.45, 2.75) is 6.54 Å². The van der Waals surface area contributed by atoms with Crippen molar-refractivity contribution in [3.05, 3.63) is 40.9 Å². The van der Waals surface area contributed by atoms with Crippen LogP contribution >= 0.6 is 11.3 Å². The van der Waals surface area contributed by atoms with Gasteiger partial charge in [-0.05, 0) is 24.3 Å². The number of nitrogens with zero attached hydrogens (tertiary/aromatic N) is 3. The van der Waals surface area contributed by atoms with E-state index in [1.165, 1.54) is 11.3 Å². The molecule has 1 fully saturated rings. The maximum absolute atomic E-state index is 12.5. The molecule has 0 unspecified atom stereocenters. The van der Waals surface area contributed by atoms with Crippen molar-refractivity contribution in [1.29, 1.82) is 0 Å². The maximum Gasteiger partial charge on any atom is 0.317 e. The Morgan fingerprint density at radius 2 is 1.85 bits per heavy atom. The average molecular weight is 375 g/mol. The molecule has 0 spiro atoms. The predicted octanol–water partition coefficient (Wildman–Crippen LogP) is 1.40. The van der Waals surface area contributed by atoms with Gasteiger partial charge in [0.2, 0.25) is 0 Å². The second-order valence-electron chi connectivity index (χ2n) is 5.84. The minimum absolute atomic E-state index is 0.0364. The first-order valence-corrected chi connectivity index (χ1v) is 9.11. The van der Waals surface area contributed by atoms with Gasteiger partial charge in [0.15, 0.2) is 5.13 Å². The lowest BCUT2D eigenvalue weighted by Gasteiger charge is -2.34. The number of amides is 3. The van der Waals surface area contributed by atoms with Crippen molar-refractivity contribution in [2.24, 2.45) is 0 Å². The predicted molar refractivity (Wildman–Crippen MR) is 99.2 cm³/mol. The second-order valence-corrected chi connectivity index (χ2v) is 6.73. The van der Waals surface area contributed by atoms with Crippen molar-refractivity contribution >= 4 is 28.4 Å². The van der Waals surface area contributed by atoms with Crippen molar-refractivity contribution in [3.63, 3.8) is 0 Å². The number of benzene rings is 1. The van der Waals surface area contributed by atoms with Crippen LogP contribution in [0.1, 0.15) is 16.1 Å². The van der Waals surface area contributed by atoms with Crippen LogP contribution in [-0.4, -0.2) is 60.0 Å². The number of rotatable bonds is 4. The molecule has 1 aliphatic rings. The van der Waals surface area contributed by atoms with Crippen LogP contribution in [0.25, 0.3) is 0 Å². The number of anilines is 1. The first-order valence-electron chi connectivity index (χ1n) is 8.23. The number of nitrogens with one attached hydrogen (secondary N) is 1. The molecular formula is C17H21N5O3S. The summed E-state index contributed by atoms with van der Waals surface area (Å²) in [7, 11) is 1.59. The molecular weight excluding hydrogens is 354 g/mol. The topological polar surface area (TPSA) is 101 Å². The van der Waals surface area contributed by atoms with E-state index < -0.39 is 0 Å². The zero-order chi connectivity index (χ0) is 18.5. The summed E-state index contributed by atoms with van der Waals surface area (Å²) in [5.74, 6) is 0.676. The second kappa shape index (κ2) is 8.05. The zero-order valence-electron chi connectivity index (χ0n) is 14.5. The highest BCUT2D eigenvalue weighted by Gasteiger charge is 2.24. The van der Waals surface area contributed by atoms with E-state index >= 15 is 0 Å². The molecule has 9 heteroatoms. The fourth-order valence-electron chi connectivity index (χ4n) is 2.71. The summed E-state index contributed by atoms with van der Waals surface area (Å²) in [5.41, 5.74) is 6.94. The molecule has 0 aliphatic carbocycles. The number of piperazine rings is 1. The Bertz CT molecular complexity index is 769. The first kappa shape index (κ1) is 18.0. The lowest BCUT2D eigenvalue weighted by molar-refractivity contribution is 0.0665. The Morgan fingerprint density at radius 1 is 1.19 bits per heavy atom. The number of hydrogen-bond donors (Lipinski definition) is 2. The number of nitrogen functional groups attached to an aromatic ring is 1. The maximum atomic E-state index is 12.5. The number of aromatic nitrogens is 1. The van der Waals surface area contributed by atoms with E-state index in [2.05, 4.69) is 10.3 Å². The molecule has 26 heavy (non-hydrogen) atoms. The van der Waals surface area contributed by atoms with Crippen molar-refractivity contribution in [3.8, 4) is 5.75 Å². The van der Waals surface area contributed by atoms with Crippen LogP contribution in [0.5, 0.6) is 5.75 Å². The van der Waals surface area contributed by atoms with E-state index in [-0.39, 0.29) is 11.9 Å². The molecule has 0 bridgehead atoms. The van der Waals surface area contributed by atoms with Crippen LogP contribution < -0.4 is 15.8 Å². The highest BCUT2D eigenvalue weighted by molar-refractivity contribution is 7.13. The van der Waals surface area contributed by atoms with E-state index in [0.717, 1.165) is 5.69 Å². The van der Waals surface area contributed by atoms with Gasteiger partial charge in [-0.25, -0.2) is 9.78 Å². The molecule has 3 N–H and O–H groups in total. The lowest BCUT2D eigenvalue weighted by Crippen LogP contribution is -2.53. The Morgan fingerprint density at radius 3 is 2.42 bits per heavy atom. The summed E-state index contributed by atoms with van der Waals surface area (Å²) in [5, 5.41) is 5.14. The fourth-order valence-corrected chi connectivity index (χ4v) is 3.27. The number of urea groups is 1. The van der Waals surface area contributed by atoms with Crippen LogP contribution in [0.15, 0.2) is 29.6 Å². The van der Waals surface area contributed by atoms with Crippen LogP contribution in [-0.2, 0) is 6.54 Å². The fraction of sp³-hybridized carbons (Fsp3) is 0.353. The van der Waals surface area contributed by atoms with E-state index in [1.807, 2.05) is 5.38 Å². The standard InChI is InChI=1S/C17H21N5O3S/c1-25-14-4-2-12(3-5-14)15(23)21-6-8-22(9-7-21)17(24)19-10-13-11-26-16(18)20-13/h2-5,11H,6-10H2,1H3,(H2,18,20)(H,19,24). The van der Waals surface area contributed by atoms with E-state index in [0.29, 0.717) is 49.2 Å². The summed E-state index contributed by atoms with van der Waals surface area (Å²) in [6, 6.07) is 6.87. The highest BCUT2D eigenvalue weighted by atomic mass is 32.1. The highest BCUT2D eigenvalue weighted by Crippen LogP contribution is 2.15. The van der Waals surface area contributed by atoms with E-state index in [4.69, 9.17) is 10.5 Å². The SMILES string of the molecule is COc1ccc(C(=O)N2CCN(C(=O)NCc3csc(N)n3)CC2)cc1. The van der Waals surface area contributed by atoms with Gasteiger partial charge in [-0.3, -0.25) is 4.79 Å². The Balaban J connectivity index is 1.48. The third-order valence-electron chi connectivity index (χ3n) is 4.18. The average Bonchev–Trinajstić information content (AvgIpc) is 3.11. The van der Waals surface area contributed by atoms with Gasteiger partial charge in [0.05, 0.1) is 19.3 Å². The summed E-state index contributed by atoms with van der Waals surface area (Å²) < 4.78 is 5.10. The van der Waals surface area contributed by atoms with Crippen LogP contribution in [0.4, 0.5) is 9.93 Å². The van der Waals surface area contributed by atoms with E-state index in [1.54, 1.807) is 41.2 Å². The van der Waals surface area contributed by atoms with Gasteiger partial charge in [0, 0.05) is 37.1 Å². The number of hydrogen-bond acceptors (Lipinski definition) is 6. The number of thiazole rings is 1. The summed E-state index contributed by atoms with van der Waals surface area (Å²) in [4.78, 5) is 32.3. The minimum Gasteiger partial charge on any atom is -0.497 e. The Labute approximate surface area is 155 Å². The van der Waals surface area contributed by atoms with Crippen LogP contribution in [0.2, 0.25) is 0 Å². The first-order chi connectivity index (χ1) is 12.6. The Hall–Kier alpha value is -2.81. The summed E-state index contributed by atoms with van der Waals surface area (Å²) >= 11 is 1.35. The van der Waals surface area contributed by atoms with Crippen molar-refractivity contribution < 1.29 is 14.3 Å². The number of carbonyl (C=O) groups is 2. The monoisotopic (exact) mass is 375 g/mol. The minimum atomic E-state index is -0.159. The lowest BCUT2D eigenvalue weighted by atomic mass is 10.1. The quantitative estimate of drug-likeness (QED) is 0.841. The van der Waals surface area contributed by atoms with Crippen LogP contribution in [0.3, 0.4) is 0 Å². The third kappa shape index (κ3) is 4.23. The molecule has 2 aromatic rings. The molecule has 1 aliphatic heterocycles. The number of carbonyl (C=O) groups excluding carboxylic acids is 2. The van der Waals surface area contributed by atoms with Gasteiger partial charge < -0.3 is 25.6 Å². The van der Waals surface area contributed by atoms with Gasteiger partial charge in [-0.2, -0.15) is 0 Å². The number of methoxy groups -OCH3 is 1. The molecule has 0 radical (unpaired) electrons. The van der Waals surface area contributed by atoms with Gasteiger partial charge in [0.25, 0.3) is 5.91 Å². The molecule has 3 amide bonds. The molecule has 1 aromatic carbocycles. The normalized spacial score (nSPS) is 14.2. The van der Waals surface area contributed by atoms with Crippen LogP contribution in [0, 0.1) is 0 Å². The Kier molecular flexibility index (Phi) is 5.57. The largest absolute Gasteiger partial charge is 0.497 e. The summed E-state index contributed by atoms with van der Waals surface area (Å²) in [6.45, 7) is 2.33. The van der Waals surface area contributed by atoms with Gasteiger partial charge in [0.1, 0.15) is 5.75 Å².